The number of carbonyl (C=O) groups excluding carboxylic acids is 2. The van der Waals surface area contributed by atoms with E-state index in [1.807, 2.05) is 38.1 Å². The number of benzene rings is 2. The van der Waals surface area contributed by atoms with Gasteiger partial charge in [-0.3, -0.25) is 4.79 Å². The maximum absolute atomic E-state index is 14.6. The van der Waals surface area contributed by atoms with E-state index in [9.17, 15) is 14.0 Å². The fourth-order valence-corrected chi connectivity index (χ4v) is 4.08. The van der Waals surface area contributed by atoms with Gasteiger partial charge in [-0.15, -0.1) is 0 Å². The van der Waals surface area contributed by atoms with Crippen molar-refractivity contribution in [1.29, 1.82) is 0 Å². The third-order valence-corrected chi connectivity index (χ3v) is 5.48. The predicted octanol–water partition coefficient (Wildman–Crippen LogP) is 5.34. The van der Waals surface area contributed by atoms with Gasteiger partial charge in [-0.1, -0.05) is 38.1 Å². The molecule has 1 aromatic heterocycles. The van der Waals surface area contributed by atoms with Gasteiger partial charge in [0.15, 0.2) is 0 Å². The van der Waals surface area contributed by atoms with Crippen molar-refractivity contribution in [3.8, 4) is 0 Å². The number of halogens is 1. The second-order valence-corrected chi connectivity index (χ2v) is 8.92. The zero-order valence-corrected chi connectivity index (χ0v) is 18.7. The number of rotatable bonds is 3. The van der Waals surface area contributed by atoms with Crippen LogP contribution in [0.5, 0.6) is 0 Å². The van der Waals surface area contributed by atoms with Crippen molar-refractivity contribution in [2.75, 3.05) is 6.54 Å². The fraction of sp³-hybridized carbons (Fsp3) is 0.308. The van der Waals surface area contributed by atoms with E-state index < -0.39 is 52.9 Å². The lowest BCUT2D eigenvalue weighted by Gasteiger charge is -2.29. The Morgan fingerprint density at radius 1 is 1.25 bits per heavy atom. The molecule has 0 aliphatic carbocycles. The first-order valence-electron chi connectivity index (χ1n) is 12.0. The number of carbonyl (C=O) groups is 2. The molecule has 32 heavy (non-hydrogen) atoms. The van der Waals surface area contributed by atoms with Crippen molar-refractivity contribution in [2.45, 2.75) is 46.1 Å². The molecular formula is C26H27FN2O3. The standard InChI is InChI=1S/C26H27FN2O3/c1-15(2)32-25(31)19-13-29(24(30)17-11-10-16(3)20(27)12-17)14-26(4,5)22-18-8-6-7-9-21(18)28-23(19)22/h6-13,15,28H,14H2,1-5H3/i10D,11D,12D. The molecule has 0 atom stereocenters. The summed E-state index contributed by atoms with van der Waals surface area (Å²) in [6.07, 6.45) is 0.935. The summed E-state index contributed by atoms with van der Waals surface area (Å²) in [5.41, 5.74) is 0.922. The maximum atomic E-state index is 14.6. The number of aromatic nitrogens is 1. The molecule has 0 fully saturated rings. The highest BCUT2D eigenvalue weighted by atomic mass is 19.1. The van der Waals surface area contributed by atoms with E-state index in [4.69, 9.17) is 8.85 Å². The zero-order chi connectivity index (χ0) is 25.8. The van der Waals surface area contributed by atoms with Crippen LogP contribution in [-0.4, -0.2) is 34.4 Å². The molecular weight excluding hydrogens is 407 g/mol. The molecule has 4 rings (SSSR count). The number of aromatic amines is 1. The highest BCUT2D eigenvalue weighted by Gasteiger charge is 2.37. The molecule has 1 aliphatic rings. The molecule has 0 bridgehead atoms. The summed E-state index contributed by atoms with van der Waals surface area (Å²) < 4.78 is 44.6. The van der Waals surface area contributed by atoms with Gasteiger partial charge in [0.2, 0.25) is 0 Å². The van der Waals surface area contributed by atoms with Gasteiger partial charge < -0.3 is 14.6 Å². The smallest absolute Gasteiger partial charge is 0.342 e. The van der Waals surface area contributed by atoms with E-state index in [1.165, 1.54) is 18.0 Å². The van der Waals surface area contributed by atoms with Crippen molar-refractivity contribution in [2.24, 2.45) is 0 Å². The van der Waals surface area contributed by atoms with Crippen molar-refractivity contribution in [3.05, 3.63) is 76.8 Å². The minimum atomic E-state index is -1.01. The van der Waals surface area contributed by atoms with E-state index in [2.05, 4.69) is 4.98 Å². The van der Waals surface area contributed by atoms with Crippen LogP contribution in [0, 0.1) is 12.7 Å². The lowest BCUT2D eigenvalue weighted by Crippen LogP contribution is -2.37. The minimum absolute atomic E-state index is 0.0842. The number of hydrogen-bond acceptors (Lipinski definition) is 3. The normalized spacial score (nSPS) is 16.7. The first-order valence-corrected chi connectivity index (χ1v) is 10.5. The van der Waals surface area contributed by atoms with Crippen LogP contribution >= 0.6 is 0 Å². The van der Waals surface area contributed by atoms with Crippen LogP contribution in [0.1, 0.15) is 59.0 Å². The Kier molecular flexibility index (Phi) is 4.51. The molecule has 6 heteroatoms. The summed E-state index contributed by atoms with van der Waals surface area (Å²) in [6.45, 7) is 8.67. The molecule has 0 radical (unpaired) electrons. The maximum Gasteiger partial charge on any atom is 0.342 e. The lowest BCUT2D eigenvalue weighted by molar-refractivity contribution is -0.140. The summed E-state index contributed by atoms with van der Waals surface area (Å²) in [5, 5.41) is 0.891. The summed E-state index contributed by atoms with van der Waals surface area (Å²) in [7, 11) is 0. The first-order chi connectivity index (χ1) is 16.3. The van der Waals surface area contributed by atoms with Crippen molar-refractivity contribution in [1.82, 2.24) is 9.88 Å². The average Bonchev–Trinajstić information content (AvgIpc) is 3.13. The molecule has 2 aromatic carbocycles. The summed E-state index contributed by atoms with van der Waals surface area (Å²) >= 11 is 0. The van der Waals surface area contributed by atoms with Crippen LogP contribution in [0.3, 0.4) is 0 Å². The van der Waals surface area contributed by atoms with Gasteiger partial charge >= 0.3 is 5.97 Å². The number of H-pyrrole nitrogens is 1. The van der Waals surface area contributed by atoms with Gasteiger partial charge in [0.25, 0.3) is 5.91 Å². The van der Waals surface area contributed by atoms with Crippen LogP contribution in [0.15, 0.2) is 48.6 Å². The fourth-order valence-electron chi connectivity index (χ4n) is 4.08. The van der Waals surface area contributed by atoms with Crippen molar-refractivity contribution < 1.29 is 22.8 Å². The van der Waals surface area contributed by atoms with Gasteiger partial charge in [0.05, 0.1) is 21.5 Å². The molecule has 0 unspecified atom stereocenters. The minimum Gasteiger partial charge on any atom is -0.459 e. The third-order valence-electron chi connectivity index (χ3n) is 5.48. The second kappa shape index (κ2) is 7.93. The highest BCUT2D eigenvalue weighted by Crippen LogP contribution is 2.40. The van der Waals surface area contributed by atoms with Gasteiger partial charge in [0, 0.05) is 34.6 Å². The zero-order valence-electron chi connectivity index (χ0n) is 21.7. The van der Waals surface area contributed by atoms with Gasteiger partial charge in [-0.25, -0.2) is 9.18 Å². The molecule has 0 spiro atoms. The number of hydrogen-bond donors (Lipinski definition) is 1. The van der Waals surface area contributed by atoms with E-state index in [0.29, 0.717) is 5.69 Å². The molecule has 3 aromatic rings. The largest absolute Gasteiger partial charge is 0.459 e. The lowest BCUT2D eigenvalue weighted by atomic mass is 9.81. The Labute approximate surface area is 191 Å². The monoisotopic (exact) mass is 437 g/mol. The molecule has 2 heterocycles. The van der Waals surface area contributed by atoms with E-state index in [-0.39, 0.29) is 17.7 Å². The number of ether oxygens (including phenoxy) is 1. The number of para-hydroxylation sites is 1. The van der Waals surface area contributed by atoms with Gasteiger partial charge in [-0.05, 0) is 50.0 Å². The SMILES string of the molecule is [2H]c1c([2H])c(C(=O)N2C=C(C(=O)OC(C)C)c3[nH]c4ccccc4c3C(C)(C)C2)c([2H])c(F)c1C. The molecule has 1 amide bonds. The van der Waals surface area contributed by atoms with Crippen molar-refractivity contribution >= 4 is 28.4 Å². The number of esters is 1. The number of amides is 1. The summed E-state index contributed by atoms with van der Waals surface area (Å²) in [5.74, 6) is -2.48. The van der Waals surface area contributed by atoms with Crippen LogP contribution in [-0.2, 0) is 14.9 Å². The Morgan fingerprint density at radius 2 is 1.97 bits per heavy atom. The molecule has 1 aliphatic heterocycles. The molecule has 0 saturated carbocycles. The topological polar surface area (TPSA) is 62.4 Å². The van der Waals surface area contributed by atoms with Crippen molar-refractivity contribution in [3.63, 3.8) is 0 Å². The molecule has 5 nitrogen and oxygen atoms in total. The van der Waals surface area contributed by atoms with E-state index >= 15 is 0 Å². The van der Waals surface area contributed by atoms with Crippen LogP contribution in [0.4, 0.5) is 4.39 Å². The number of nitrogens with zero attached hydrogens (tertiary/aromatic N) is 1. The Hall–Kier alpha value is -3.41. The van der Waals surface area contributed by atoms with Crippen LogP contribution in [0.2, 0.25) is 0 Å². The molecule has 0 saturated heterocycles. The average molecular weight is 438 g/mol. The van der Waals surface area contributed by atoms with Gasteiger partial charge in [0.1, 0.15) is 5.82 Å². The second-order valence-electron chi connectivity index (χ2n) is 8.92. The Balaban J connectivity index is 1.95. The Morgan fingerprint density at radius 3 is 2.69 bits per heavy atom. The van der Waals surface area contributed by atoms with Crippen LogP contribution in [0.25, 0.3) is 16.5 Å². The first kappa shape index (κ1) is 18.2. The van der Waals surface area contributed by atoms with Crippen LogP contribution < -0.4 is 0 Å². The van der Waals surface area contributed by atoms with Gasteiger partial charge in [-0.2, -0.15) is 0 Å². The Bertz CT molecular complexity index is 1380. The number of nitrogens with one attached hydrogen (secondary N) is 1. The summed E-state index contributed by atoms with van der Waals surface area (Å²) in [4.78, 5) is 31.4. The predicted molar refractivity (Wildman–Crippen MR) is 123 cm³/mol. The molecule has 1 N–H and O–H groups in total. The summed E-state index contributed by atoms with van der Waals surface area (Å²) in [6, 6.07) is 5.89. The third kappa shape index (κ3) is 3.81. The highest BCUT2D eigenvalue weighted by molar-refractivity contribution is 6.18. The quantitative estimate of drug-likeness (QED) is 0.563. The molecule has 166 valence electrons. The number of fused-ring (bicyclic) bond motifs is 3. The van der Waals surface area contributed by atoms with E-state index in [1.54, 1.807) is 13.8 Å². The van der Waals surface area contributed by atoms with E-state index in [0.717, 1.165) is 16.5 Å².